The van der Waals surface area contributed by atoms with Crippen LogP contribution in [0.15, 0.2) is 66.7 Å². The van der Waals surface area contributed by atoms with Gasteiger partial charge in [0.05, 0.1) is 17.1 Å². The first-order chi connectivity index (χ1) is 18.1. The Morgan fingerprint density at radius 2 is 1.76 bits per heavy atom. The molecular weight excluding hydrogens is 481 g/mol. The highest BCUT2D eigenvalue weighted by Gasteiger charge is 2.35. The maximum absolute atomic E-state index is 13.6. The number of benzene rings is 3. The first-order valence-corrected chi connectivity index (χ1v) is 13.0. The number of anilines is 2. The molecule has 0 spiro atoms. The number of hydrogen-bond acceptors (Lipinski definition) is 5. The van der Waals surface area contributed by atoms with Crippen LogP contribution in [0.4, 0.5) is 20.6 Å². The zero-order chi connectivity index (χ0) is 26.9. The van der Waals surface area contributed by atoms with Gasteiger partial charge in [-0.25, -0.2) is 14.2 Å². The highest BCUT2D eigenvalue weighted by molar-refractivity contribution is 5.76. The summed E-state index contributed by atoms with van der Waals surface area (Å²) in [6.45, 7) is 7.54. The number of halogens is 1. The number of fused-ring (bicyclic) bond motifs is 1. The molecule has 38 heavy (non-hydrogen) atoms. The van der Waals surface area contributed by atoms with Gasteiger partial charge < -0.3 is 20.4 Å². The van der Waals surface area contributed by atoms with Crippen LogP contribution in [-0.4, -0.2) is 33.1 Å². The molecule has 7 nitrogen and oxygen atoms in total. The van der Waals surface area contributed by atoms with Crippen molar-refractivity contribution in [3.8, 4) is 0 Å². The summed E-state index contributed by atoms with van der Waals surface area (Å²) >= 11 is 0. The summed E-state index contributed by atoms with van der Waals surface area (Å²) in [5.41, 5.74) is 10.9. The lowest BCUT2D eigenvalue weighted by atomic mass is 10.1. The molecule has 1 unspecified atom stereocenters. The minimum Gasteiger partial charge on any atom is -0.444 e. The summed E-state index contributed by atoms with van der Waals surface area (Å²) in [6, 6.07) is 20.4. The summed E-state index contributed by atoms with van der Waals surface area (Å²) in [6.07, 6.45) is 1.44. The quantitative estimate of drug-likeness (QED) is 0.284. The number of carbonyl (C=O) groups is 1. The predicted octanol–water partition coefficient (Wildman–Crippen LogP) is 6.56. The molecule has 3 aromatic carbocycles. The molecule has 1 aliphatic heterocycles. The van der Waals surface area contributed by atoms with Crippen LogP contribution >= 0.6 is 0 Å². The van der Waals surface area contributed by atoms with E-state index in [9.17, 15) is 9.18 Å². The molecule has 1 amide bonds. The number of aromatic nitrogens is 2. The first-order valence-electron chi connectivity index (χ1n) is 13.0. The Labute approximate surface area is 222 Å². The van der Waals surface area contributed by atoms with E-state index in [-0.39, 0.29) is 18.0 Å². The second kappa shape index (κ2) is 10.4. The Hall–Kier alpha value is -4.07. The van der Waals surface area contributed by atoms with Gasteiger partial charge in [0.1, 0.15) is 17.2 Å². The average Bonchev–Trinajstić information content (AvgIpc) is 3.51. The van der Waals surface area contributed by atoms with Crippen LogP contribution in [0, 0.1) is 5.82 Å². The smallest absolute Gasteiger partial charge is 0.410 e. The molecule has 0 aliphatic carbocycles. The largest absolute Gasteiger partial charge is 0.444 e. The number of hydrogen-bond donors (Lipinski definition) is 2. The van der Waals surface area contributed by atoms with Gasteiger partial charge in [0.15, 0.2) is 0 Å². The van der Waals surface area contributed by atoms with E-state index in [1.807, 2.05) is 51.1 Å². The molecule has 198 valence electrons. The van der Waals surface area contributed by atoms with Gasteiger partial charge in [-0.05, 0) is 93.3 Å². The zero-order valence-electron chi connectivity index (χ0n) is 22.1. The Balaban J connectivity index is 1.39. The van der Waals surface area contributed by atoms with E-state index in [1.54, 1.807) is 17.0 Å². The molecule has 1 fully saturated rings. The molecule has 1 aromatic heterocycles. The Bertz CT molecular complexity index is 1410. The molecule has 1 saturated heterocycles. The fourth-order valence-electron chi connectivity index (χ4n) is 4.87. The van der Waals surface area contributed by atoms with Crippen molar-refractivity contribution in [2.75, 3.05) is 17.2 Å². The van der Waals surface area contributed by atoms with Gasteiger partial charge in [-0.3, -0.25) is 4.90 Å². The molecule has 1 aliphatic rings. The molecule has 4 aromatic rings. The molecule has 0 radical (unpaired) electrons. The Morgan fingerprint density at radius 1 is 1.08 bits per heavy atom. The summed E-state index contributed by atoms with van der Waals surface area (Å²) in [5, 5.41) is 0. The van der Waals surface area contributed by atoms with Gasteiger partial charge in [0, 0.05) is 31.0 Å². The second-order valence-electron chi connectivity index (χ2n) is 10.9. The lowest BCUT2D eigenvalue weighted by Gasteiger charge is -2.27. The summed E-state index contributed by atoms with van der Waals surface area (Å²) < 4.78 is 19.3. The molecule has 3 N–H and O–H groups in total. The molecule has 0 saturated carbocycles. The van der Waals surface area contributed by atoms with Crippen molar-refractivity contribution in [2.45, 2.75) is 58.3 Å². The molecular formula is C30H34FN5O2. The second-order valence-corrected chi connectivity index (χ2v) is 10.9. The number of amides is 1. The number of rotatable bonds is 6. The number of nitrogens with zero attached hydrogens (tertiary/aromatic N) is 3. The van der Waals surface area contributed by atoms with Gasteiger partial charge >= 0.3 is 6.09 Å². The lowest BCUT2D eigenvalue weighted by Crippen LogP contribution is -2.36. The van der Waals surface area contributed by atoms with Crippen LogP contribution in [0.25, 0.3) is 11.0 Å². The number of nitrogens with one attached hydrogen (secondary N) is 1. The van der Waals surface area contributed by atoms with Crippen LogP contribution in [0.5, 0.6) is 0 Å². The van der Waals surface area contributed by atoms with Crippen molar-refractivity contribution in [3.05, 3.63) is 89.5 Å². The molecule has 1 atom stereocenters. The van der Waals surface area contributed by atoms with Crippen molar-refractivity contribution in [1.29, 1.82) is 0 Å². The predicted molar refractivity (Wildman–Crippen MR) is 148 cm³/mol. The van der Waals surface area contributed by atoms with Crippen LogP contribution in [0.1, 0.15) is 56.6 Å². The summed E-state index contributed by atoms with van der Waals surface area (Å²) in [5.74, 6) is 0.511. The van der Waals surface area contributed by atoms with Gasteiger partial charge in [0.25, 0.3) is 0 Å². The van der Waals surface area contributed by atoms with Crippen molar-refractivity contribution in [1.82, 2.24) is 14.9 Å². The topological polar surface area (TPSA) is 87.5 Å². The van der Waals surface area contributed by atoms with Crippen LogP contribution < -0.4 is 10.6 Å². The highest BCUT2D eigenvalue weighted by Crippen LogP contribution is 2.33. The maximum Gasteiger partial charge on any atom is 0.410 e. The maximum atomic E-state index is 13.6. The van der Waals surface area contributed by atoms with Crippen LogP contribution in [0.2, 0.25) is 0 Å². The third-order valence-electron chi connectivity index (χ3n) is 6.68. The third kappa shape index (κ3) is 5.90. The fraction of sp³-hybridized carbons (Fsp3) is 0.333. The number of nitrogens with two attached hydrogens (primary N) is 1. The minimum absolute atomic E-state index is 0.137. The fourth-order valence-corrected chi connectivity index (χ4v) is 4.87. The van der Waals surface area contributed by atoms with E-state index in [0.717, 1.165) is 52.2 Å². The zero-order valence-corrected chi connectivity index (χ0v) is 22.1. The van der Waals surface area contributed by atoms with Crippen LogP contribution in [0.3, 0.4) is 0 Å². The normalized spacial score (nSPS) is 15.7. The van der Waals surface area contributed by atoms with Crippen molar-refractivity contribution in [2.24, 2.45) is 0 Å². The number of ether oxygens (including phenoxy) is 1. The van der Waals surface area contributed by atoms with Gasteiger partial charge in [-0.15, -0.1) is 0 Å². The summed E-state index contributed by atoms with van der Waals surface area (Å²) in [4.78, 5) is 25.1. The Kier molecular flexibility index (Phi) is 6.97. The average molecular weight is 516 g/mol. The van der Waals surface area contributed by atoms with E-state index >= 15 is 0 Å². The SMILES string of the molecule is CC(C)(C)OC(=O)N1CCCC1c1nc2cc(CN(Cc3ccc(N)cc3)c3ccc(F)cc3)ccc2[nH]1. The number of likely N-dealkylation sites (tertiary alicyclic amines) is 1. The van der Waals surface area contributed by atoms with E-state index in [0.29, 0.717) is 19.6 Å². The Morgan fingerprint density at radius 3 is 2.47 bits per heavy atom. The number of carbonyl (C=O) groups excluding carboxylic acids is 1. The standard InChI is InChI=1S/C30H34FN5O2/c1-30(2,3)38-29(37)36-16-4-5-27(36)28-33-25-15-8-21(17-26(25)34-28)19-35(24-13-9-22(31)10-14-24)18-20-6-11-23(32)12-7-20/h6-15,17,27H,4-5,16,18-19,32H2,1-3H3,(H,33,34). The number of nitrogen functional groups attached to an aromatic ring is 1. The molecule has 2 heterocycles. The number of imidazole rings is 1. The van der Waals surface area contributed by atoms with Crippen molar-refractivity contribution < 1.29 is 13.9 Å². The highest BCUT2D eigenvalue weighted by atomic mass is 19.1. The van der Waals surface area contributed by atoms with Gasteiger partial charge in [-0.1, -0.05) is 18.2 Å². The lowest BCUT2D eigenvalue weighted by molar-refractivity contribution is 0.0219. The van der Waals surface area contributed by atoms with Crippen molar-refractivity contribution in [3.63, 3.8) is 0 Å². The number of aromatic amines is 1. The van der Waals surface area contributed by atoms with E-state index < -0.39 is 5.60 Å². The minimum atomic E-state index is -0.546. The monoisotopic (exact) mass is 515 g/mol. The van der Waals surface area contributed by atoms with E-state index in [4.69, 9.17) is 15.5 Å². The molecule has 8 heteroatoms. The van der Waals surface area contributed by atoms with Crippen molar-refractivity contribution >= 4 is 28.5 Å². The first kappa shape index (κ1) is 25.6. The van der Waals surface area contributed by atoms with Crippen LogP contribution in [-0.2, 0) is 17.8 Å². The molecule has 5 rings (SSSR count). The van der Waals surface area contributed by atoms with E-state index in [1.165, 1.54) is 12.1 Å². The summed E-state index contributed by atoms with van der Waals surface area (Å²) in [7, 11) is 0. The van der Waals surface area contributed by atoms with Gasteiger partial charge in [0.2, 0.25) is 0 Å². The molecule has 0 bridgehead atoms. The number of H-pyrrole nitrogens is 1. The van der Waals surface area contributed by atoms with E-state index in [2.05, 4.69) is 22.0 Å². The third-order valence-corrected chi connectivity index (χ3v) is 6.68. The van der Waals surface area contributed by atoms with Gasteiger partial charge in [-0.2, -0.15) is 0 Å².